The van der Waals surface area contributed by atoms with Crippen LogP contribution in [-0.4, -0.2) is 9.97 Å². The Balaban J connectivity index is 1.53. The van der Waals surface area contributed by atoms with E-state index in [2.05, 4.69) is 40.4 Å². The highest BCUT2D eigenvalue weighted by atomic mass is 16.3. The van der Waals surface area contributed by atoms with E-state index >= 15 is 0 Å². The van der Waals surface area contributed by atoms with Gasteiger partial charge in [-0.1, -0.05) is 35.9 Å². The van der Waals surface area contributed by atoms with Crippen molar-refractivity contribution in [3.63, 3.8) is 0 Å². The Labute approximate surface area is 140 Å². The highest BCUT2D eigenvalue weighted by Gasteiger charge is 2.07. The fourth-order valence-electron chi connectivity index (χ4n) is 2.65. The molecule has 0 fully saturated rings. The molecule has 0 saturated heterocycles. The number of aromatic nitrogens is 2. The van der Waals surface area contributed by atoms with Crippen molar-refractivity contribution in [3.05, 3.63) is 78.3 Å². The van der Waals surface area contributed by atoms with Crippen LogP contribution in [-0.2, 0) is 6.54 Å². The lowest BCUT2D eigenvalue weighted by Gasteiger charge is -2.07. The number of para-hydroxylation sites is 1. The molecule has 4 rings (SSSR count). The van der Waals surface area contributed by atoms with E-state index in [1.54, 1.807) is 6.26 Å². The monoisotopic (exact) mass is 315 g/mol. The second kappa shape index (κ2) is 6.16. The standard InChI is InChI=1S/C20H17N3O/c1-14-6-8-15(9-7-14)20-23-16(13-24-20)12-22-19-10-11-21-18-5-3-2-4-17(18)19/h2-11,13H,12H2,1H3,(H,21,22). The molecular formula is C20H17N3O. The minimum atomic E-state index is 0.601. The number of pyridine rings is 1. The van der Waals surface area contributed by atoms with Crippen LogP contribution < -0.4 is 5.32 Å². The van der Waals surface area contributed by atoms with Crippen LogP contribution in [0.2, 0.25) is 0 Å². The van der Waals surface area contributed by atoms with Crippen LogP contribution in [0.4, 0.5) is 5.69 Å². The zero-order chi connectivity index (χ0) is 16.4. The molecule has 1 N–H and O–H groups in total. The van der Waals surface area contributed by atoms with Gasteiger partial charge in [-0.25, -0.2) is 4.98 Å². The van der Waals surface area contributed by atoms with Gasteiger partial charge < -0.3 is 9.73 Å². The number of benzene rings is 2. The maximum Gasteiger partial charge on any atom is 0.226 e. The van der Waals surface area contributed by atoms with Gasteiger partial charge in [0.2, 0.25) is 5.89 Å². The predicted molar refractivity (Wildman–Crippen MR) is 95.7 cm³/mol. The number of fused-ring (bicyclic) bond motifs is 1. The first-order valence-corrected chi connectivity index (χ1v) is 7.89. The zero-order valence-electron chi connectivity index (χ0n) is 13.4. The Bertz CT molecular complexity index is 968. The summed E-state index contributed by atoms with van der Waals surface area (Å²) < 4.78 is 5.60. The quantitative estimate of drug-likeness (QED) is 0.587. The van der Waals surface area contributed by atoms with Crippen molar-refractivity contribution in [2.24, 2.45) is 0 Å². The summed E-state index contributed by atoms with van der Waals surface area (Å²) in [7, 11) is 0. The molecule has 2 aromatic carbocycles. The first kappa shape index (κ1) is 14.5. The second-order valence-electron chi connectivity index (χ2n) is 5.74. The zero-order valence-corrected chi connectivity index (χ0v) is 13.4. The van der Waals surface area contributed by atoms with E-state index in [-0.39, 0.29) is 0 Å². The van der Waals surface area contributed by atoms with Crippen LogP contribution >= 0.6 is 0 Å². The van der Waals surface area contributed by atoms with Crippen molar-refractivity contribution in [1.29, 1.82) is 0 Å². The molecule has 118 valence electrons. The van der Waals surface area contributed by atoms with E-state index < -0.39 is 0 Å². The molecule has 0 radical (unpaired) electrons. The Morgan fingerprint density at radius 2 is 1.83 bits per heavy atom. The normalized spacial score (nSPS) is 10.9. The van der Waals surface area contributed by atoms with Gasteiger partial charge in [-0.2, -0.15) is 0 Å². The van der Waals surface area contributed by atoms with Gasteiger partial charge in [0.15, 0.2) is 0 Å². The third kappa shape index (κ3) is 2.86. The maximum atomic E-state index is 5.60. The van der Waals surface area contributed by atoms with Gasteiger partial charge >= 0.3 is 0 Å². The molecule has 0 atom stereocenters. The van der Waals surface area contributed by atoms with Gasteiger partial charge in [0.25, 0.3) is 0 Å². The second-order valence-corrected chi connectivity index (χ2v) is 5.74. The average molecular weight is 315 g/mol. The minimum absolute atomic E-state index is 0.601. The van der Waals surface area contributed by atoms with E-state index in [9.17, 15) is 0 Å². The molecule has 4 heteroatoms. The maximum absolute atomic E-state index is 5.60. The lowest BCUT2D eigenvalue weighted by Crippen LogP contribution is -2.00. The van der Waals surface area contributed by atoms with Crippen molar-refractivity contribution in [1.82, 2.24) is 9.97 Å². The lowest BCUT2D eigenvalue weighted by molar-refractivity contribution is 0.573. The molecule has 0 saturated carbocycles. The van der Waals surface area contributed by atoms with E-state index in [1.165, 1.54) is 5.56 Å². The summed E-state index contributed by atoms with van der Waals surface area (Å²) in [5, 5.41) is 4.51. The molecule has 0 aliphatic rings. The third-order valence-corrected chi connectivity index (χ3v) is 3.96. The van der Waals surface area contributed by atoms with Gasteiger partial charge in [-0.15, -0.1) is 0 Å². The average Bonchev–Trinajstić information content (AvgIpc) is 3.09. The summed E-state index contributed by atoms with van der Waals surface area (Å²) in [5.74, 6) is 0.645. The Kier molecular flexibility index (Phi) is 3.71. The molecule has 0 spiro atoms. The van der Waals surface area contributed by atoms with Crippen LogP contribution in [0.15, 0.2) is 71.5 Å². The summed E-state index contributed by atoms with van der Waals surface area (Å²) in [4.78, 5) is 8.93. The molecule has 0 amide bonds. The summed E-state index contributed by atoms with van der Waals surface area (Å²) in [5.41, 5.74) is 5.09. The van der Waals surface area contributed by atoms with Crippen molar-refractivity contribution in [3.8, 4) is 11.5 Å². The summed E-state index contributed by atoms with van der Waals surface area (Å²) in [6.07, 6.45) is 3.51. The van der Waals surface area contributed by atoms with Gasteiger partial charge in [0, 0.05) is 22.8 Å². The van der Waals surface area contributed by atoms with Crippen molar-refractivity contribution in [2.75, 3.05) is 5.32 Å². The van der Waals surface area contributed by atoms with Gasteiger partial charge in [0.05, 0.1) is 17.8 Å². The Morgan fingerprint density at radius 1 is 1.00 bits per heavy atom. The first-order valence-electron chi connectivity index (χ1n) is 7.89. The predicted octanol–water partition coefficient (Wildman–Crippen LogP) is 4.81. The third-order valence-electron chi connectivity index (χ3n) is 3.96. The van der Waals surface area contributed by atoms with Crippen molar-refractivity contribution >= 4 is 16.6 Å². The molecule has 0 bridgehead atoms. The first-order chi connectivity index (χ1) is 11.8. The van der Waals surface area contributed by atoms with Crippen molar-refractivity contribution in [2.45, 2.75) is 13.5 Å². The fraction of sp³-hybridized carbons (Fsp3) is 0.100. The Hall–Kier alpha value is -3.14. The largest absolute Gasteiger partial charge is 0.444 e. The van der Waals surface area contributed by atoms with Crippen LogP contribution in [0.1, 0.15) is 11.3 Å². The molecule has 2 heterocycles. The van der Waals surface area contributed by atoms with Crippen LogP contribution in [0.3, 0.4) is 0 Å². The summed E-state index contributed by atoms with van der Waals surface area (Å²) in [6.45, 7) is 2.66. The number of nitrogens with one attached hydrogen (secondary N) is 1. The molecular weight excluding hydrogens is 298 g/mol. The minimum Gasteiger partial charge on any atom is -0.444 e. The number of hydrogen-bond acceptors (Lipinski definition) is 4. The summed E-state index contributed by atoms with van der Waals surface area (Å²) >= 11 is 0. The van der Waals surface area contributed by atoms with E-state index in [0.29, 0.717) is 12.4 Å². The number of oxazole rings is 1. The topological polar surface area (TPSA) is 51.0 Å². The molecule has 4 aromatic rings. The number of anilines is 1. The van der Waals surface area contributed by atoms with Crippen LogP contribution in [0.25, 0.3) is 22.4 Å². The molecule has 2 aromatic heterocycles. The van der Waals surface area contributed by atoms with E-state index in [4.69, 9.17) is 4.42 Å². The number of aryl methyl sites for hydroxylation is 1. The number of nitrogens with zero attached hydrogens (tertiary/aromatic N) is 2. The molecule has 0 aliphatic heterocycles. The molecule has 0 aliphatic carbocycles. The molecule has 4 nitrogen and oxygen atoms in total. The van der Waals surface area contributed by atoms with E-state index in [1.807, 2.05) is 42.6 Å². The Morgan fingerprint density at radius 3 is 2.71 bits per heavy atom. The molecule has 24 heavy (non-hydrogen) atoms. The van der Waals surface area contributed by atoms with Crippen LogP contribution in [0, 0.1) is 6.92 Å². The van der Waals surface area contributed by atoms with Crippen LogP contribution in [0.5, 0.6) is 0 Å². The SMILES string of the molecule is Cc1ccc(-c2nc(CNc3ccnc4ccccc34)co2)cc1. The number of rotatable bonds is 4. The number of hydrogen-bond donors (Lipinski definition) is 1. The highest BCUT2D eigenvalue weighted by Crippen LogP contribution is 2.23. The van der Waals surface area contributed by atoms with Crippen molar-refractivity contribution < 1.29 is 4.42 Å². The van der Waals surface area contributed by atoms with E-state index in [0.717, 1.165) is 27.8 Å². The smallest absolute Gasteiger partial charge is 0.226 e. The van der Waals surface area contributed by atoms with Gasteiger partial charge in [0.1, 0.15) is 6.26 Å². The highest BCUT2D eigenvalue weighted by molar-refractivity contribution is 5.90. The molecule has 0 unspecified atom stereocenters. The summed E-state index contributed by atoms with van der Waals surface area (Å²) in [6, 6.07) is 18.2. The van der Waals surface area contributed by atoms with Gasteiger partial charge in [-0.05, 0) is 31.2 Å². The fourth-order valence-corrected chi connectivity index (χ4v) is 2.65. The van der Waals surface area contributed by atoms with Gasteiger partial charge in [-0.3, -0.25) is 4.98 Å². The lowest BCUT2D eigenvalue weighted by atomic mass is 10.1.